The van der Waals surface area contributed by atoms with E-state index in [0.29, 0.717) is 0 Å². The van der Waals surface area contributed by atoms with E-state index in [9.17, 15) is 0 Å². The third-order valence-corrected chi connectivity index (χ3v) is 12.4. The van der Waals surface area contributed by atoms with E-state index in [0.717, 1.165) is 0 Å². The maximum atomic E-state index is 2.57. The first-order chi connectivity index (χ1) is 24.1. The van der Waals surface area contributed by atoms with Crippen LogP contribution in [0.1, 0.15) is 74.9 Å². The van der Waals surface area contributed by atoms with E-state index in [1.54, 1.807) is 0 Å². The van der Waals surface area contributed by atoms with E-state index >= 15 is 0 Å². The highest BCUT2D eigenvalue weighted by Gasteiger charge is 2.41. The Bertz CT molecular complexity index is 2580. The standard InChI is InChI=1S/C49H41N/c1-47(2)40-21-13-10-18-35(40)38-28-31(24-26-42(38)47)50(32-23-25-36-34-17-9-12-20-39(34)48(3,4)43(36)29-32)44-27-30-15-7-8-16-33(30)46-45(44)37-19-11-14-22-41(37)49(46,5)6/h7-29H,1-6H3. The van der Waals surface area contributed by atoms with Crippen molar-refractivity contribution in [3.63, 3.8) is 0 Å². The van der Waals surface area contributed by atoms with Crippen molar-refractivity contribution in [2.75, 3.05) is 4.90 Å². The molecule has 7 aromatic carbocycles. The molecule has 50 heavy (non-hydrogen) atoms. The third-order valence-electron chi connectivity index (χ3n) is 12.4. The average Bonchev–Trinajstić information content (AvgIpc) is 3.62. The summed E-state index contributed by atoms with van der Waals surface area (Å²) >= 11 is 0. The molecule has 7 aromatic rings. The van der Waals surface area contributed by atoms with Crippen molar-refractivity contribution in [1.82, 2.24) is 0 Å². The summed E-state index contributed by atoms with van der Waals surface area (Å²) in [6.07, 6.45) is 0. The summed E-state index contributed by atoms with van der Waals surface area (Å²) in [6.45, 7) is 14.3. The van der Waals surface area contributed by atoms with E-state index in [-0.39, 0.29) is 16.2 Å². The van der Waals surface area contributed by atoms with Crippen molar-refractivity contribution in [1.29, 1.82) is 0 Å². The van der Waals surface area contributed by atoms with Crippen molar-refractivity contribution in [2.45, 2.75) is 57.8 Å². The van der Waals surface area contributed by atoms with E-state index in [1.807, 2.05) is 0 Å². The van der Waals surface area contributed by atoms with Crippen LogP contribution in [0.5, 0.6) is 0 Å². The number of hydrogen-bond donors (Lipinski definition) is 0. The lowest BCUT2D eigenvalue weighted by atomic mass is 9.80. The molecular formula is C49H41N. The molecule has 242 valence electrons. The number of rotatable bonds is 3. The number of anilines is 3. The van der Waals surface area contributed by atoms with Gasteiger partial charge in [0.25, 0.3) is 0 Å². The first-order valence-corrected chi connectivity index (χ1v) is 18.0. The lowest BCUT2D eigenvalue weighted by Crippen LogP contribution is -2.18. The van der Waals surface area contributed by atoms with Crippen molar-refractivity contribution in [3.8, 4) is 33.4 Å². The lowest BCUT2D eigenvalue weighted by molar-refractivity contribution is 0.660. The Morgan fingerprint density at radius 2 is 0.880 bits per heavy atom. The molecule has 0 N–H and O–H groups in total. The summed E-state index contributed by atoms with van der Waals surface area (Å²) in [7, 11) is 0. The van der Waals surface area contributed by atoms with E-state index in [4.69, 9.17) is 0 Å². The van der Waals surface area contributed by atoms with Gasteiger partial charge in [0.2, 0.25) is 0 Å². The van der Waals surface area contributed by atoms with Gasteiger partial charge >= 0.3 is 0 Å². The first-order valence-electron chi connectivity index (χ1n) is 18.0. The molecule has 0 unspecified atom stereocenters. The Balaban J connectivity index is 1.30. The molecular weight excluding hydrogens is 603 g/mol. The predicted molar refractivity (Wildman–Crippen MR) is 211 cm³/mol. The van der Waals surface area contributed by atoms with Gasteiger partial charge < -0.3 is 4.90 Å². The first kappa shape index (κ1) is 29.5. The van der Waals surface area contributed by atoms with Crippen LogP contribution in [-0.4, -0.2) is 0 Å². The zero-order chi connectivity index (χ0) is 34.2. The largest absolute Gasteiger partial charge is 0.310 e. The van der Waals surface area contributed by atoms with Gasteiger partial charge in [-0.25, -0.2) is 0 Å². The van der Waals surface area contributed by atoms with Crippen LogP contribution in [0.2, 0.25) is 0 Å². The Labute approximate surface area is 295 Å². The molecule has 3 aliphatic rings. The quantitative estimate of drug-likeness (QED) is 0.185. The van der Waals surface area contributed by atoms with Crippen LogP contribution in [0.3, 0.4) is 0 Å². The number of nitrogens with zero attached hydrogens (tertiary/aromatic N) is 1. The topological polar surface area (TPSA) is 3.24 Å². The van der Waals surface area contributed by atoms with Crippen LogP contribution in [0.15, 0.2) is 140 Å². The molecule has 10 rings (SSSR count). The molecule has 1 nitrogen and oxygen atoms in total. The van der Waals surface area contributed by atoms with E-state index in [2.05, 4.69) is 186 Å². The second-order valence-electron chi connectivity index (χ2n) is 16.2. The number of fused-ring (bicyclic) bond motifs is 11. The minimum atomic E-state index is -0.143. The highest BCUT2D eigenvalue weighted by atomic mass is 15.1. The molecule has 0 heterocycles. The zero-order valence-corrected chi connectivity index (χ0v) is 29.7. The fraction of sp³-hybridized carbons (Fsp3) is 0.184. The highest BCUT2D eigenvalue weighted by molar-refractivity contribution is 6.06. The molecule has 0 aromatic heterocycles. The molecule has 0 aliphatic heterocycles. The fourth-order valence-electron chi connectivity index (χ4n) is 9.92. The fourth-order valence-corrected chi connectivity index (χ4v) is 9.92. The van der Waals surface area contributed by atoms with Crippen molar-refractivity contribution >= 4 is 27.8 Å². The molecule has 1 heteroatoms. The normalized spacial score (nSPS) is 16.3. The third kappa shape index (κ3) is 3.73. The average molecular weight is 644 g/mol. The summed E-state index contributed by atoms with van der Waals surface area (Å²) in [5.74, 6) is 0. The van der Waals surface area contributed by atoms with Gasteiger partial charge in [0.15, 0.2) is 0 Å². The smallest absolute Gasteiger partial charge is 0.0549 e. The van der Waals surface area contributed by atoms with Crippen molar-refractivity contribution < 1.29 is 0 Å². The molecule has 0 atom stereocenters. The van der Waals surface area contributed by atoms with Crippen LogP contribution in [0, 0.1) is 0 Å². The maximum absolute atomic E-state index is 2.57. The van der Waals surface area contributed by atoms with Gasteiger partial charge in [-0.1, -0.05) is 151 Å². The van der Waals surface area contributed by atoms with Crippen molar-refractivity contribution in [2.24, 2.45) is 0 Å². The predicted octanol–water partition coefficient (Wildman–Crippen LogP) is 13.2. The Hall–Kier alpha value is -5.40. The molecule has 0 saturated carbocycles. The molecule has 3 aliphatic carbocycles. The summed E-state index contributed by atoms with van der Waals surface area (Å²) in [6, 6.07) is 52.9. The monoisotopic (exact) mass is 643 g/mol. The molecule has 0 saturated heterocycles. The minimum Gasteiger partial charge on any atom is -0.310 e. The summed E-state index contributed by atoms with van der Waals surface area (Å²) in [5.41, 5.74) is 19.7. The highest BCUT2D eigenvalue weighted by Crippen LogP contribution is 2.58. The molecule has 0 radical (unpaired) electrons. The van der Waals surface area contributed by atoms with Gasteiger partial charge in [0.05, 0.1) is 5.69 Å². The van der Waals surface area contributed by atoms with Gasteiger partial charge in [-0.3, -0.25) is 0 Å². The summed E-state index contributed by atoms with van der Waals surface area (Å²) in [5, 5.41) is 2.61. The van der Waals surface area contributed by atoms with E-state index < -0.39 is 0 Å². The maximum Gasteiger partial charge on any atom is 0.0549 e. The van der Waals surface area contributed by atoms with Crippen LogP contribution in [0.4, 0.5) is 17.1 Å². The van der Waals surface area contributed by atoms with Crippen molar-refractivity contribution in [3.05, 3.63) is 173 Å². The van der Waals surface area contributed by atoms with Gasteiger partial charge in [-0.2, -0.15) is 0 Å². The van der Waals surface area contributed by atoms with Gasteiger partial charge in [0, 0.05) is 33.2 Å². The van der Waals surface area contributed by atoms with Gasteiger partial charge in [-0.05, 0) is 102 Å². The second kappa shape index (κ2) is 9.86. The van der Waals surface area contributed by atoms with E-state index in [1.165, 1.54) is 94.6 Å². The van der Waals surface area contributed by atoms with Gasteiger partial charge in [0.1, 0.15) is 0 Å². The van der Waals surface area contributed by atoms with Gasteiger partial charge in [-0.15, -0.1) is 0 Å². The summed E-state index contributed by atoms with van der Waals surface area (Å²) < 4.78 is 0. The van der Waals surface area contributed by atoms with Crippen LogP contribution in [-0.2, 0) is 16.2 Å². The van der Waals surface area contributed by atoms with Crippen LogP contribution in [0.25, 0.3) is 44.2 Å². The molecule has 0 amide bonds. The summed E-state index contributed by atoms with van der Waals surface area (Å²) in [4.78, 5) is 2.57. The van der Waals surface area contributed by atoms with Crippen LogP contribution < -0.4 is 4.90 Å². The Kier molecular flexibility index (Phi) is 5.82. The SMILES string of the molecule is CC1(C)c2ccccc2-c2cc(N(c3ccc4c(c3)C(C)(C)c3ccccc3-4)c3cc4ccccc4c4c3-c3ccccc3C4(C)C)ccc21. The number of benzene rings is 7. The van der Waals surface area contributed by atoms with Crippen LogP contribution >= 0.6 is 0 Å². The Morgan fingerprint density at radius 3 is 1.60 bits per heavy atom. The minimum absolute atomic E-state index is 0.0498. The molecule has 0 fully saturated rings. The number of hydrogen-bond acceptors (Lipinski definition) is 1. The second-order valence-corrected chi connectivity index (χ2v) is 16.2. The zero-order valence-electron chi connectivity index (χ0n) is 29.7. The molecule has 0 spiro atoms. The lowest BCUT2D eigenvalue weighted by Gasteiger charge is -2.32. The molecule has 0 bridgehead atoms. The Morgan fingerprint density at radius 1 is 0.380 bits per heavy atom.